The summed E-state index contributed by atoms with van der Waals surface area (Å²) >= 11 is 0. The number of carbonyl (C=O) groups is 1. The number of benzene rings is 1. The number of aromatic carboxylic acids is 1. The highest BCUT2D eigenvalue weighted by Crippen LogP contribution is 2.24. The maximum absolute atomic E-state index is 12.6. The number of hydrogen-bond donors (Lipinski definition) is 2. The van der Waals surface area contributed by atoms with Gasteiger partial charge in [0.15, 0.2) is 0 Å². The number of hydrogen-bond acceptors (Lipinski definition) is 5. The second kappa shape index (κ2) is 6.17. The summed E-state index contributed by atoms with van der Waals surface area (Å²) in [6.45, 7) is 4.04. The Morgan fingerprint density at radius 2 is 1.96 bits per heavy atom. The van der Waals surface area contributed by atoms with Gasteiger partial charge in [0, 0.05) is 0 Å². The summed E-state index contributed by atoms with van der Waals surface area (Å²) < 4.78 is 5.59. The molecule has 1 aromatic carbocycles. The molecule has 0 amide bonds. The SMILES string of the molecule is CC(C)c1ccc2oc3nc(N)c(C(=O)O)cc3c(=O)c2c1.[MgH2]. The Morgan fingerprint density at radius 1 is 1.26 bits per heavy atom. The predicted octanol–water partition coefficient (Wildman–Crippen LogP) is 1.83. The number of nitrogens with two attached hydrogens (primary N) is 1. The molecule has 0 atom stereocenters. The van der Waals surface area contributed by atoms with Crippen molar-refractivity contribution in [2.24, 2.45) is 0 Å². The third kappa shape index (κ3) is 2.89. The van der Waals surface area contributed by atoms with Crippen LogP contribution in [0.3, 0.4) is 0 Å². The van der Waals surface area contributed by atoms with E-state index in [2.05, 4.69) is 4.98 Å². The fourth-order valence-corrected chi connectivity index (χ4v) is 2.34. The van der Waals surface area contributed by atoms with Crippen molar-refractivity contribution >= 4 is 56.9 Å². The van der Waals surface area contributed by atoms with Gasteiger partial charge in [-0.05, 0) is 29.7 Å². The number of rotatable bonds is 2. The van der Waals surface area contributed by atoms with Crippen LogP contribution in [0.5, 0.6) is 0 Å². The first-order chi connectivity index (χ1) is 10.4. The van der Waals surface area contributed by atoms with E-state index >= 15 is 0 Å². The van der Waals surface area contributed by atoms with Crippen LogP contribution in [0.25, 0.3) is 22.1 Å². The fraction of sp³-hybridized carbons (Fsp3) is 0.188. The van der Waals surface area contributed by atoms with Gasteiger partial charge in [0.2, 0.25) is 11.1 Å². The zero-order valence-electron chi connectivity index (χ0n) is 12.1. The lowest BCUT2D eigenvalue weighted by Crippen LogP contribution is -2.09. The minimum absolute atomic E-state index is 0. The van der Waals surface area contributed by atoms with Crippen molar-refractivity contribution in [1.82, 2.24) is 4.98 Å². The molecule has 0 unspecified atom stereocenters. The van der Waals surface area contributed by atoms with Gasteiger partial charge in [-0.1, -0.05) is 19.9 Å². The molecule has 3 rings (SSSR count). The minimum atomic E-state index is -1.23. The van der Waals surface area contributed by atoms with Crippen LogP contribution in [0.15, 0.2) is 33.5 Å². The number of pyridine rings is 1. The highest BCUT2D eigenvalue weighted by Gasteiger charge is 2.16. The van der Waals surface area contributed by atoms with Gasteiger partial charge in [-0.25, -0.2) is 4.79 Å². The van der Waals surface area contributed by atoms with Crippen molar-refractivity contribution in [3.63, 3.8) is 0 Å². The second-order valence-electron chi connectivity index (χ2n) is 5.42. The van der Waals surface area contributed by atoms with E-state index in [9.17, 15) is 9.59 Å². The van der Waals surface area contributed by atoms with Gasteiger partial charge >= 0.3 is 29.0 Å². The molecule has 0 aliphatic heterocycles. The van der Waals surface area contributed by atoms with Crippen LogP contribution in [-0.2, 0) is 0 Å². The van der Waals surface area contributed by atoms with E-state index in [4.69, 9.17) is 15.3 Å². The minimum Gasteiger partial charge on any atom is -0.478 e. The highest BCUT2D eigenvalue weighted by atomic mass is 24.3. The van der Waals surface area contributed by atoms with Crippen LogP contribution in [0, 0.1) is 0 Å². The first kappa shape index (κ1) is 17.2. The maximum Gasteiger partial charge on any atom is 0.339 e. The average molecular weight is 325 g/mol. The largest absolute Gasteiger partial charge is 0.478 e. The lowest BCUT2D eigenvalue weighted by molar-refractivity contribution is 0.0698. The molecule has 2 aromatic heterocycles. The Balaban J connectivity index is 0.00000192. The summed E-state index contributed by atoms with van der Waals surface area (Å²) in [6, 6.07) is 6.58. The van der Waals surface area contributed by atoms with E-state index in [0.29, 0.717) is 11.0 Å². The molecule has 0 aliphatic rings. The van der Waals surface area contributed by atoms with E-state index < -0.39 is 5.97 Å². The second-order valence-corrected chi connectivity index (χ2v) is 5.42. The number of carboxylic acid groups (broad SMARTS) is 1. The smallest absolute Gasteiger partial charge is 0.339 e. The summed E-state index contributed by atoms with van der Waals surface area (Å²) in [5.41, 5.74) is 6.51. The summed E-state index contributed by atoms with van der Waals surface area (Å²) in [7, 11) is 0. The topological polar surface area (TPSA) is 106 Å². The van der Waals surface area contributed by atoms with Crippen molar-refractivity contribution < 1.29 is 14.3 Å². The molecule has 3 aromatic rings. The Kier molecular flexibility index (Phi) is 4.62. The van der Waals surface area contributed by atoms with Crippen LogP contribution in [0.1, 0.15) is 35.7 Å². The first-order valence-electron chi connectivity index (χ1n) is 6.78. The number of anilines is 1. The normalized spacial score (nSPS) is 10.9. The van der Waals surface area contributed by atoms with Gasteiger partial charge in [-0.15, -0.1) is 0 Å². The van der Waals surface area contributed by atoms with Crippen LogP contribution in [0.4, 0.5) is 5.82 Å². The molecule has 3 N–H and O–H groups in total. The molecule has 0 saturated heterocycles. The Hall–Kier alpha value is -2.12. The van der Waals surface area contributed by atoms with Crippen LogP contribution >= 0.6 is 0 Å². The zero-order chi connectivity index (χ0) is 16.0. The molecule has 0 aliphatic carbocycles. The quantitative estimate of drug-likeness (QED) is 0.550. The van der Waals surface area contributed by atoms with Crippen LogP contribution in [-0.4, -0.2) is 39.1 Å². The molecule has 0 radical (unpaired) electrons. The Morgan fingerprint density at radius 3 is 2.57 bits per heavy atom. The molecular weight excluding hydrogens is 308 g/mol. The summed E-state index contributed by atoms with van der Waals surface area (Å²) in [5, 5.41) is 9.61. The molecule has 116 valence electrons. The number of carboxylic acids is 1. The highest BCUT2D eigenvalue weighted by molar-refractivity contribution is 5.98. The fourth-order valence-electron chi connectivity index (χ4n) is 2.34. The molecule has 23 heavy (non-hydrogen) atoms. The van der Waals surface area contributed by atoms with E-state index in [1.165, 1.54) is 6.07 Å². The number of nitrogens with zero attached hydrogens (tertiary/aromatic N) is 1. The van der Waals surface area contributed by atoms with Gasteiger partial charge in [-0.3, -0.25) is 4.79 Å². The van der Waals surface area contributed by atoms with Crippen LogP contribution < -0.4 is 11.2 Å². The molecule has 0 bridgehead atoms. The summed E-state index contributed by atoms with van der Waals surface area (Å²) in [6.07, 6.45) is 0. The predicted molar refractivity (Wildman–Crippen MR) is 91.8 cm³/mol. The molecule has 0 fully saturated rings. The average Bonchev–Trinajstić information content (AvgIpc) is 2.46. The third-order valence-electron chi connectivity index (χ3n) is 3.61. The summed E-state index contributed by atoms with van der Waals surface area (Å²) in [4.78, 5) is 27.6. The number of aromatic nitrogens is 1. The summed E-state index contributed by atoms with van der Waals surface area (Å²) in [5.74, 6) is -1.15. The first-order valence-corrected chi connectivity index (χ1v) is 6.78. The molecule has 0 spiro atoms. The van der Waals surface area contributed by atoms with Crippen molar-refractivity contribution in [3.8, 4) is 0 Å². The number of nitrogen functional groups attached to an aromatic ring is 1. The van der Waals surface area contributed by atoms with Gasteiger partial charge < -0.3 is 15.3 Å². The van der Waals surface area contributed by atoms with E-state index in [1.54, 1.807) is 12.1 Å². The third-order valence-corrected chi connectivity index (χ3v) is 3.61. The van der Waals surface area contributed by atoms with Gasteiger partial charge in [-0.2, -0.15) is 4.98 Å². The van der Waals surface area contributed by atoms with Crippen molar-refractivity contribution in [1.29, 1.82) is 0 Å². The van der Waals surface area contributed by atoms with Crippen molar-refractivity contribution in [2.45, 2.75) is 19.8 Å². The standard InChI is InChI=1S/C16H14N2O4.Mg.2H/c1-7(2)8-3-4-12-9(5-8)13(19)10-6-11(16(20)21)14(17)18-15(10)22-12;;;/h3-7H,1-2H3,(H2,17,18)(H,20,21);;;. The molecule has 0 saturated carbocycles. The van der Waals surface area contributed by atoms with Crippen molar-refractivity contribution in [2.75, 3.05) is 5.73 Å². The van der Waals surface area contributed by atoms with E-state index in [1.807, 2.05) is 19.9 Å². The van der Waals surface area contributed by atoms with Gasteiger partial charge in [0.25, 0.3) is 0 Å². The zero-order valence-corrected chi connectivity index (χ0v) is 12.1. The monoisotopic (exact) mass is 324 g/mol. The Bertz CT molecular complexity index is 979. The van der Waals surface area contributed by atoms with Crippen molar-refractivity contribution in [3.05, 3.63) is 45.6 Å². The lowest BCUT2D eigenvalue weighted by Gasteiger charge is -2.07. The van der Waals surface area contributed by atoms with E-state index in [0.717, 1.165) is 5.56 Å². The number of fused-ring (bicyclic) bond motifs is 2. The maximum atomic E-state index is 12.6. The van der Waals surface area contributed by atoms with Crippen LogP contribution in [0.2, 0.25) is 0 Å². The Labute approximate surface area is 147 Å². The lowest BCUT2D eigenvalue weighted by atomic mass is 10.0. The molecule has 7 heteroatoms. The molecule has 2 heterocycles. The van der Waals surface area contributed by atoms with Gasteiger partial charge in [0.1, 0.15) is 17.0 Å². The van der Waals surface area contributed by atoms with Gasteiger partial charge in [0.05, 0.1) is 10.8 Å². The molecule has 6 nitrogen and oxygen atoms in total. The van der Waals surface area contributed by atoms with E-state index in [-0.39, 0.29) is 56.9 Å². The molecular formula is C16H16MgN2O4.